The first kappa shape index (κ1) is 25.2. The van der Waals surface area contributed by atoms with E-state index < -0.39 is 38.2 Å². The highest BCUT2D eigenvalue weighted by Crippen LogP contribution is 2.28. The van der Waals surface area contributed by atoms with Gasteiger partial charge in [0.1, 0.15) is 5.60 Å². The number of amides is 2. The second-order valence-corrected chi connectivity index (χ2v) is 12.1. The van der Waals surface area contributed by atoms with E-state index in [4.69, 9.17) is 4.74 Å². The number of rotatable bonds is 6. The Bertz CT molecular complexity index is 879. The minimum absolute atomic E-state index is 0.0255. The lowest BCUT2D eigenvalue weighted by Crippen LogP contribution is -2.56. The number of alkyl carbamates (subject to hydrolysis) is 1. The van der Waals surface area contributed by atoms with Gasteiger partial charge in [0, 0.05) is 6.54 Å². The quantitative estimate of drug-likeness (QED) is 0.630. The predicted octanol–water partition coefficient (Wildman–Crippen LogP) is 4.22. The molecule has 1 aliphatic carbocycles. The van der Waals surface area contributed by atoms with Crippen molar-refractivity contribution in [1.29, 1.82) is 0 Å². The van der Waals surface area contributed by atoms with Gasteiger partial charge in [-0.1, -0.05) is 37.8 Å². The van der Waals surface area contributed by atoms with Crippen LogP contribution in [0.4, 0.5) is 4.79 Å². The second kappa shape index (κ2) is 10.0. The molecular weight excluding hydrogens is 416 g/mol. The summed E-state index contributed by atoms with van der Waals surface area (Å²) in [6.07, 6.45) is 4.94. The molecule has 7 nitrogen and oxygen atoms in total. The molecule has 2 N–H and O–H groups in total. The molecule has 1 aromatic rings. The van der Waals surface area contributed by atoms with Crippen molar-refractivity contribution in [2.75, 3.05) is 6.54 Å². The number of sulfone groups is 1. The van der Waals surface area contributed by atoms with Crippen molar-refractivity contribution in [3.63, 3.8) is 0 Å². The first-order chi connectivity index (χ1) is 14.4. The Morgan fingerprint density at radius 3 is 2.19 bits per heavy atom. The van der Waals surface area contributed by atoms with E-state index in [1.807, 2.05) is 0 Å². The van der Waals surface area contributed by atoms with Gasteiger partial charge in [0.05, 0.1) is 21.2 Å². The molecule has 1 aromatic carbocycles. The molecule has 0 spiro atoms. The molecule has 8 heteroatoms. The second-order valence-electron chi connectivity index (χ2n) is 9.59. The van der Waals surface area contributed by atoms with E-state index in [9.17, 15) is 18.0 Å². The zero-order valence-corrected chi connectivity index (χ0v) is 20.1. The van der Waals surface area contributed by atoms with Gasteiger partial charge >= 0.3 is 6.09 Å². The van der Waals surface area contributed by atoms with E-state index in [2.05, 4.69) is 10.6 Å². The van der Waals surface area contributed by atoms with Crippen LogP contribution in [0.2, 0.25) is 0 Å². The van der Waals surface area contributed by atoms with Crippen molar-refractivity contribution >= 4 is 21.8 Å². The fraction of sp³-hybridized carbons (Fsp3) is 0.652. The van der Waals surface area contributed by atoms with Crippen LogP contribution < -0.4 is 10.6 Å². The fourth-order valence-electron chi connectivity index (χ4n) is 3.77. The average Bonchev–Trinajstić information content (AvgIpc) is 2.90. The lowest BCUT2D eigenvalue weighted by Gasteiger charge is -2.35. The van der Waals surface area contributed by atoms with Gasteiger partial charge in [-0.25, -0.2) is 13.2 Å². The lowest BCUT2D eigenvalue weighted by molar-refractivity contribution is 0.0437. The van der Waals surface area contributed by atoms with Gasteiger partial charge in [0.2, 0.25) is 0 Å². The maximum Gasteiger partial charge on any atom is 0.408 e. The number of ether oxygens (including phenoxy) is 1. The fourth-order valence-corrected chi connectivity index (χ4v) is 5.02. The molecule has 0 bridgehead atoms. The van der Waals surface area contributed by atoms with Crippen LogP contribution in [0.25, 0.3) is 0 Å². The molecule has 0 saturated heterocycles. The highest BCUT2D eigenvalue weighted by molar-refractivity contribution is 7.92. The third-order valence-corrected chi connectivity index (χ3v) is 7.68. The number of hydrogen-bond acceptors (Lipinski definition) is 5. The maximum atomic E-state index is 13.0. The van der Waals surface area contributed by atoms with Gasteiger partial charge in [-0.15, -0.1) is 0 Å². The van der Waals surface area contributed by atoms with Crippen LogP contribution in [0.15, 0.2) is 29.2 Å². The maximum absolute atomic E-state index is 13.0. The molecule has 2 rings (SSSR count). The van der Waals surface area contributed by atoms with Crippen molar-refractivity contribution in [1.82, 2.24) is 10.6 Å². The molecule has 174 valence electrons. The van der Waals surface area contributed by atoms with Crippen molar-refractivity contribution in [2.24, 2.45) is 0 Å². The summed E-state index contributed by atoms with van der Waals surface area (Å²) in [6, 6.07) is 6.24. The average molecular weight is 453 g/mol. The van der Waals surface area contributed by atoms with E-state index in [1.165, 1.54) is 12.1 Å². The summed E-state index contributed by atoms with van der Waals surface area (Å²) in [5, 5.41) is 5.25. The van der Waals surface area contributed by atoms with Crippen LogP contribution in [0, 0.1) is 0 Å². The van der Waals surface area contributed by atoms with Crippen LogP contribution >= 0.6 is 0 Å². The van der Waals surface area contributed by atoms with Gasteiger partial charge in [-0.2, -0.15) is 0 Å². The molecule has 0 heterocycles. The van der Waals surface area contributed by atoms with E-state index >= 15 is 0 Å². The summed E-state index contributed by atoms with van der Waals surface area (Å²) in [5.41, 5.74) is -1.12. The molecule has 1 fully saturated rings. The number of nitrogens with one attached hydrogen (secondary N) is 2. The van der Waals surface area contributed by atoms with Crippen LogP contribution in [0.3, 0.4) is 0 Å². The summed E-state index contributed by atoms with van der Waals surface area (Å²) in [7, 11) is -3.61. The zero-order chi connectivity index (χ0) is 23.3. The molecule has 0 unspecified atom stereocenters. The Morgan fingerprint density at radius 2 is 1.65 bits per heavy atom. The van der Waals surface area contributed by atoms with E-state index in [0.29, 0.717) is 0 Å². The Kier molecular flexibility index (Phi) is 8.14. The van der Waals surface area contributed by atoms with Crippen LogP contribution in [-0.4, -0.2) is 43.4 Å². The highest BCUT2D eigenvalue weighted by atomic mass is 32.2. The number of carbonyl (C=O) groups is 2. The Balaban J connectivity index is 2.22. The van der Waals surface area contributed by atoms with Crippen LogP contribution in [0.5, 0.6) is 0 Å². The van der Waals surface area contributed by atoms with Gasteiger partial charge in [0.15, 0.2) is 9.84 Å². The van der Waals surface area contributed by atoms with Crippen molar-refractivity contribution in [3.05, 3.63) is 29.8 Å². The van der Waals surface area contributed by atoms with Crippen molar-refractivity contribution < 1.29 is 22.7 Å². The number of carbonyl (C=O) groups excluding carboxylic acids is 2. The summed E-state index contributed by atoms with van der Waals surface area (Å²) in [5.74, 6) is -0.463. The van der Waals surface area contributed by atoms with Crippen molar-refractivity contribution in [2.45, 2.75) is 94.4 Å². The lowest BCUT2D eigenvalue weighted by atomic mass is 9.90. The molecule has 2 amide bonds. The topological polar surface area (TPSA) is 102 Å². The summed E-state index contributed by atoms with van der Waals surface area (Å²) in [6.45, 7) is 8.81. The van der Waals surface area contributed by atoms with E-state index in [-0.39, 0.29) is 17.0 Å². The summed E-state index contributed by atoms with van der Waals surface area (Å²) >= 11 is 0. The Labute approximate surface area is 186 Å². The first-order valence-electron chi connectivity index (χ1n) is 11.0. The standard InChI is InChI=1S/C23H36N2O5S/c1-17(2)31(28,29)19-13-9-8-12-18(19)20(26)24-16-23(14-10-6-7-11-15-23)25-21(27)30-22(3,4)5/h8-9,12-13,17H,6-7,10-11,14-16H2,1-5H3,(H,24,26)(H,25,27). The molecular formula is C23H36N2O5S. The molecule has 0 radical (unpaired) electrons. The van der Waals surface area contributed by atoms with Gasteiger partial charge < -0.3 is 15.4 Å². The molecule has 0 aliphatic heterocycles. The molecule has 31 heavy (non-hydrogen) atoms. The summed E-state index contributed by atoms with van der Waals surface area (Å²) in [4.78, 5) is 25.5. The number of benzene rings is 1. The molecule has 0 aromatic heterocycles. The third-order valence-electron chi connectivity index (χ3n) is 5.47. The smallest absolute Gasteiger partial charge is 0.408 e. The van der Waals surface area contributed by atoms with Crippen molar-refractivity contribution in [3.8, 4) is 0 Å². The normalized spacial score (nSPS) is 17.0. The van der Waals surface area contributed by atoms with E-state index in [1.54, 1.807) is 46.8 Å². The molecule has 1 saturated carbocycles. The minimum atomic E-state index is -3.61. The number of hydrogen-bond donors (Lipinski definition) is 2. The zero-order valence-electron chi connectivity index (χ0n) is 19.3. The SMILES string of the molecule is CC(C)S(=O)(=O)c1ccccc1C(=O)NCC1(NC(=O)OC(C)(C)C)CCCCCC1. The summed E-state index contributed by atoms with van der Waals surface area (Å²) < 4.78 is 30.8. The van der Waals surface area contributed by atoms with Crippen LogP contribution in [0.1, 0.15) is 83.5 Å². The van der Waals surface area contributed by atoms with Gasteiger partial charge in [-0.3, -0.25) is 4.79 Å². The van der Waals surface area contributed by atoms with Crippen LogP contribution in [-0.2, 0) is 14.6 Å². The first-order valence-corrected chi connectivity index (χ1v) is 12.5. The largest absolute Gasteiger partial charge is 0.444 e. The monoisotopic (exact) mass is 452 g/mol. The highest BCUT2D eigenvalue weighted by Gasteiger charge is 2.35. The van der Waals surface area contributed by atoms with E-state index in [0.717, 1.165) is 38.5 Å². The Hall–Kier alpha value is -2.09. The minimum Gasteiger partial charge on any atom is -0.444 e. The van der Waals surface area contributed by atoms with Gasteiger partial charge in [0.25, 0.3) is 5.91 Å². The molecule has 1 aliphatic rings. The Morgan fingerprint density at radius 1 is 1.06 bits per heavy atom. The third kappa shape index (κ3) is 6.95. The van der Waals surface area contributed by atoms with Gasteiger partial charge in [-0.05, 0) is 59.6 Å². The molecule has 0 atom stereocenters. The predicted molar refractivity (Wildman–Crippen MR) is 121 cm³/mol.